The van der Waals surface area contributed by atoms with Gasteiger partial charge in [-0.2, -0.15) is 0 Å². The normalized spacial score (nSPS) is 12.5. The summed E-state index contributed by atoms with van der Waals surface area (Å²) in [5, 5.41) is 4.54. The van der Waals surface area contributed by atoms with Gasteiger partial charge in [-0.25, -0.2) is 9.18 Å². The maximum absolute atomic E-state index is 13.8. The SMILES string of the molecule is Cc1cc2oc(=O)cc(CN[C@H](C)c3cc(F)c(Cl)cc3Cl)c2cc1C. The fourth-order valence-corrected chi connectivity index (χ4v) is 3.42. The molecule has 1 aromatic heterocycles. The van der Waals surface area contributed by atoms with E-state index in [1.54, 1.807) is 0 Å². The van der Waals surface area contributed by atoms with Crippen molar-refractivity contribution in [3.8, 4) is 0 Å². The van der Waals surface area contributed by atoms with E-state index in [1.807, 2.05) is 32.9 Å². The van der Waals surface area contributed by atoms with Crippen molar-refractivity contribution < 1.29 is 8.81 Å². The number of benzene rings is 2. The second kappa shape index (κ2) is 7.39. The van der Waals surface area contributed by atoms with Crippen molar-refractivity contribution >= 4 is 34.2 Å². The summed E-state index contributed by atoms with van der Waals surface area (Å²) >= 11 is 11.9. The topological polar surface area (TPSA) is 42.2 Å². The summed E-state index contributed by atoms with van der Waals surface area (Å²) in [6.45, 7) is 6.26. The zero-order valence-corrected chi connectivity index (χ0v) is 16.1. The predicted molar refractivity (Wildman–Crippen MR) is 104 cm³/mol. The van der Waals surface area contributed by atoms with Crippen LogP contribution < -0.4 is 10.9 Å². The standard InChI is InChI=1S/C20H18Cl2FNO2/c1-10-4-15-13(6-20(25)26-19(15)5-11(10)2)9-24-12(3)14-7-18(23)17(22)8-16(14)21/h4-8,12,24H,9H2,1-3H3/t12-/m1/s1. The third-order valence-electron chi connectivity index (χ3n) is 4.55. The molecule has 3 nitrogen and oxygen atoms in total. The summed E-state index contributed by atoms with van der Waals surface area (Å²) in [6.07, 6.45) is 0. The minimum Gasteiger partial charge on any atom is -0.423 e. The maximum atomic E-state index is 13.8. The molecule has 1 N–H and O–H groups in total. The van der Waals surface area contributed by atoms with E-state index in [0.29, 0.717) is 22.7 Å². The molecule has 0 spiro atoms. The monoisotopic (exact) mass is 393 g/mol. The Balaban J connectivity index is 1.91. The Morgan fingerprint density at radius 2 is 1.77 bits per heavy atom. The van der Waals surface area contributed by atoms with Crippen LogP contribution in [-0.4, -0.2) is 0 Å². The van der Waals surface area contributed by atoms with Crippen LogP contribution in [0.3, 0.4) is 0 Å². The van der Waals surface area contributed by atoms with Gasteiger partial charge in [0, 0.05) is 29.1 Å². The Morgan fingerprint density at radius 1 is 1.08 bits per heavy atom. The van der Waals surface area contributed by atoms with Gasteiger partial charge < -0.3 is 9.73 Å². The lowest BCUT2D eigenvalue weighted by Crippen LogP contribution is -2.19. The summed E-state index contributed by atoms with van der Waals surface area (Å²) in [5.41, 5.74) is 3.75. The molecule has 1 heterocycles. The number of halogens is 3. The van der Waals surface area contributed by atoms with E-state index in [0.717, 1.165) is 22.1 Å². The summed E-state index contributed by atoms with van der Waals surface area (Å²) in [7, 11) is 0. The van der Waals surface area contributed by atoms with Gasteiger partial charge in [0.2, 0.25) is 0 Å². The van der Waals surface area contributed by atoms with Crippen LogP contribution in [0.15, 0.2) is 39.5 Å². The average Bonchev–Trinajstić information content (AvgIpc) is 2.57. The number of rotatable bonds is 4. The molecular formula is C20H18Cl2FNO2. The van der Waals surface area contributed by atoms with Crippen LogP contribution in [0.25, 0.3) is 11.0 Å². The molecule has 0 amide bonds. The minimum absolute atomic E-state index is 0.0107. The van der Waals surface area contributed by atoms with E-state index in [1.165, 1.54) is 18.2 Å². The molecule has 0 saturated heterocycles. The molecule has 3 rings (SSSR count). The molecule has 0 saturated carbocycles. The van der Waals surface area contributed by atoms with E-state index in [4.69, 9.17) is 27.6 Å². The van der Waals surface area contributed by atoms with Crippen molar-refractivity contribution in [1.29, 1.82) is 0 Å². The smallest absolute Gasteiger partial charge is 0.336 e. The zero-order valence-electron chi connectivity index (χ0n) is 14.6. The van der Waals surface area contributed by atoms with Crippen molar-refractivity contribution in [3.05, 3.63) is 78.9 Å². The molecule has 6 heteroatoms. The summed E-state index contributed by atoms with van der Waals surface area (Å²) in [5.74, 6) is -0.517. The van der Waals surface area contributed by atoms with Crippen LogP contribution in [0.4, 0.5) is 4.39 Å². The van der Waals surface area contributed by atoms with Gasteiger partial charge in [0.05, 0.1) is 5.02 Å². The molecule has 0 bridgehead atoms. The summed E-state index contributed by atoms with van der Waals surface area (Å²) in [6, 6.07) is 7.83. The Hall–Kier alpha value is -1.88. The van der Waals surface area contributed by atoms with Crippen molar-refractivity contribution in [2.45, 2.75) is 33.4 Å². The molecular weight excluding hydrogens is 376 g/mol. The van der Waals surface area contributed by atoms with Gasteiger partial charge in [-0.1, -0.05) is 23.2 Å². The number of nitrogens with one attached hydrogen (secondary N) is 1. The van der Waals surface area contributed by atoms with Crippen LogP contribution in [0.5, 0.6) is 0 Å². The van der Waals surface area contributed by atoms with Crippen LogP contribution in [0.2, 0.25) is 10.0 Å². The number of hydrogen-bond donors (Lipinski definition) is 1. The molecule has 0 unspecified atom stereocenters. The van der Waals surface area contributed by atoms with Crippen LogP contribution in [0.1, 0.15) is 35.2 Å². The maximum Gasteiger partial charge on any atom is 0.336 e. The van der Waals surface area contributed by atoms with E-state index in [2.05, 4.69) is 5.32 Å². The second-order valence-electron chi connectivity index (χ2n) is 6.41. The quantitative estimate of drug-likeness (QED) is 0.456. The fourth-order valence-electron chi connectivity index (χ4n) is 2.87. The Morgan fingerprint density at radius 3 is 2.50 bits per heavy atom. The van der Waals surface area contributed by atoms with Gasteiger partial charge >= 0.3 is 5.63 Å². The van der Waals surface area contributed by atoms with E-state index >= 15 is 0 Å². The third-order valence-corrected chi connectivity index (χ3v) is 5.17. The molecule has 0 aliphatic rings. The first kappa shape index (κ1) is 18.9. The number of fused-ring (bicyclic) bond motifs is 1. The minimum atomic E-state index is -0.517. The van der Waals surface area contributed by atoms with E-state index in [-0.39, 0.29) is 11.1 Å². The molecule has 136 valence electrons. The highest BCUT2D eigenvalue weighted by molar-refractivity contribution is 6.35. The van der Waals surface area contributed by atoms with Gasteiger partial charge in [0.25, 0.3) is 0 Å². The zero-order chi connectivity index (χ0) is 19.0. The van der Waals surface area contributed by atoms with Gasteiger partial charge in [0.1, 0.15) is 11.4 Å². The highest BCUT2D eigenvalue weighted by atomic mass is 35.5. The fraction of sp³-hybridized carbons (Fsp3) is 0.250. The molecule has 0 fully saturated rings. The molecule has 2 aromatic carbocycles. The highest BCUT2D eigenvalue weighted by Crippen LogP contribution is 2.29. The van der Waals surface area contributed by atoms with Gasteiger partial charge in [-0.05, 0) is 67.3 Å². The van der Waals surface area contributed by atoms with Gasteiger partial charge in [-0.15, -0.1) is 0 Å². The predicted octanol–water partition coefficient (Wildman–Crippen LogP) is 5.71. The average molecular weight is 394 g/mol. The Labute approximate surface area is 160 Å². The van der Waals surface area contributed by atoms with E-state index < -0.39 is 11.4 Å². The lowest BCUT2D eigenvalue weighted by atomic mass is 10.0. The first-order chi connectivity index (χ1) is 12.3. The Kier molecular flexibility index (Phi) is 5.37. The van der Waals surface area contributed by atoms with Crippen molar-refractivity contribution in [2.75, 3.05) is 0 Å². The van der Waals surface area contributed by atoms with Gasteiger partial charge in [-0.3, -0.25) is 0 Å². The lowest BCUT2D eigenvalue weighted by molar-refractivity contribution is 0.545. The van der Waals surface area contributed by atoms with Gasteiger partial charge in [0.15, 0.2) is 0 Å². The van der Waals surface area contributed by atoms with Crippen LogP contribution in [0, 0.1) is 19.7 Å². The first-order valence-corrected chi connectivity index (χ1v) is 8.93. The number of aryl methyl sites for hydroxylation is 2. The molecule has 0 aliphatic heterocycles. The second-order valence-corrected chi connectivity index (χ2v) is 7.23. The van der Waals surface area contributed by atoms with Crippen LogP contribution >= 0.6 is 23.2 Å². The highest BCUT2D eigenvalue weighted by Gasteiger charge is 2.14. The largest absolute Gasteiger partial charge is 0.423 e. The molecule has 26 heavy (non-hydrogen) atoms. The number of hydrogen-bond acceptors (Lipinski definition) is 3. The molecule has 3 aromatic rings. The molecule has 0 radical (unpaired) electrons. The van der Waals surface area contributed by atoms with E-state index in [9.17, 15) is 9.18 Å². The third kappa shape index (κ3) is 3.78. The molecule has 1 atom stereocenters. The van der Waals surface area contributed by atoms with Crippen molar-refractivity contribution in [1.82, 2.24) is 5.32 Å². The molecule has 0 aliphatic carbocycles. The van der Waals surface area contributed by atoms with Crippen molar-refractivity contribution in [2.24, 2.45) is 0 Å². The Bertz CT molecular complexity index is 1050. The van der Waals surface area contributed by atoms with Crippen LogP contribution in [-0.2, 0) is 6.54 Å². The summed E-state index contributed by atoms with van der Waals surface area (Å²) in [4.78, 5) is 11.9. The summed E-state index contributed by atoms with van der Waals surface area (Å²) < 4.78 is 19.1. The lowest BCUT2D eigenvalue weighted by Gasteiger charge is -2.17. The first-order valence-electron chi connectivity index (χ1n) is 8.18. The van der Waals surface area contributed by atoms with Crippen molar-refractivity contribution in [3.63, 3.8) is 0 Å².